The van der Waals surface area contributed by atoms with Crippen molar-refractivity contribution in [1.29, 1.82) is 0 Å². The van der Waals surface area contributed by atoms with Crippen molar-refractivity contribution >= 4 is 22.7 Å². The second-order valence-electron chi connectivity index (χ2n) is 6.24. The van der Waals surface area contributed by atoms with Crippen LogP contribution in [-0.2, 0) is 11.8 Å². The van der Waals surface area contributed by atoms with Crippen LogP contribution in [0, 0.1) is 0 Å². The fourth-order valence-corrected chi connectivity index (χ4v) is 4.68. The van der Waals surface area contributed by atoms with E-state index >= 15 is 0 Å². The lowest BCUT2D eigenvalue weighted by Gasteiger charge is -2.15. The zero-order valence-corrected chi connectivity index (χ0v) is 13.3. The van der Waals surface area contributed by atoms with Gasteiger partial charge in [0.25, 0.3) is 0 Å². The molecule has 0 bridgehead atoms. The number of nitrogens with two attached hydrogens (primary N) is 1. The molecule has 2 aromatic heterocycles. The molecule has 1 unspecified atom stereocenters. The highest BCUT2D eigenvalue weighted by Crippen LogP contribution is 2.40. The summed E-state index contributed by atoms with van der Waals surface area (Å²) >= 11 is 3.66. The molecule has 2 aromatic rings. The van der Waals surface area contributed by atoms with Gasteiger partial charge in [0.15, 0.2) is 0 Å². The van der Waals surface area contributed by atoms with E-state index in [2.05, 4.69) is 32.9 Å². The third-order valence-electron chi connectivity index (χ3n) is 3.55. The molecule has 19 heavy (non-hydrogen) atoms. The van der Waals surface area contributed by atoms with E-state index in [4.69, 9.17) is 10.7 Å². The second-order valence-corrected chi connectivity index (χ2v) is 8.36. The summed E-state index contributed by atoms with van der Waals surface area (Å²) < 4.78 is 0. The number of aryl methyl sites for hydroxylation is 1. The van der Waals surface area contributed by atoms with Crippen LogP contribution in [0.25, 0.3) is 9.88 Å². The Kier molecular flexibility index (Phi) is 3.28. The normalized spacial score (nSPS) is 19.5. The van der Waals surface area contributed by atoms with E-state index in [1.54, 1.807) is 11.3 Å². The highest BCUT2D eigenvalue weighted by molar-refractivity contribution is 7.22. The molecular formula is C15H20N2S2. The molecule has 2 nitrogen and oxygen atoms in total. The Morgan fingerprint density at radius 3 is 2.68 bits per heavy atom. The van der Waals surface area contributed by atoms with E-state index in [0.717, 1.165) is 17.8 Å². The van der Waals surface area contributed by atoms with Gasteiger partial charge in [0.2, 0.25) is 0 Å². The first-order valence-electron chi connectivity index (χ1n) is 6.81. The Bertz CT molecular complexity index is 590. The van der Waals surface area contributed by atoms with Gasteiger partial charge in [-0.3, -0.25) is 0 Å². The number of aromatic nitrogens is 1. The van der Waals surface area contributed by atoms with Gasteiger partial charge in [-0.1, -0.05) is 20.8 Å². The smallest absolute Gasteiger partial charge is 0.133 e. The Labute approximate surface area is 122 Å². The zero-order valence-electron chi connectivity index (χ0n) is 11.7. The van der Waals surface area contributed by atoms with Crippen LogP contribution < -0.4 is 5.73 Å². The van der Waals surface area contributed by atoms with Crippen molar-refractivity contribution in [1.82, 2.24) is 4.98 Å². The molecule has 0 saturated carbocycles. The Hall–Kier alpha value is -0.710. The van der Waals surface area contributed by atoms with Crippen LogP contribution in [0.15, 0.2) is 12.1 Å². The summed E-state index contributed by atoms with van der Waals surface area (Å²) in [6.07, 6.45) is 3.37. The fourth-order valence-electron chi connectivity index (χ4n) is 2.41. The summed E-state index contributed by atoms with van der Waals surface area (Å²) in [6, 6.07) is 4.65. The van der Waals surface area contributed by atoms with E-state index in [-0.39, 0.29) is 11.5 Å². The minimum absolute atomic E-state index is 0.206. The molecule has 102 valence electrons. The van der Waals surface area contributed by atoms with Gasteiger partial charge in [-0.05, 0) is 36.8 Å². The molecule has 0 radical (unpaired) electrons. The Balaban J connectivity index is 1.97. The highest BCUT2D eigenvalue weighted by atomic mass is 32.1. The Morgan fingerprint density at radius 1 is 1.26 bits per heavy atom. The number of thiophene rings is 1. The molecule has 0 aliphatic heterocycles. The van der Waals surface area contributed by atoms with Crippen LogP contribution in [0.3, 0.4) is 0 Å². The van der Waals surface area contributed by atoms with E-state index in [0.29, 0.717) is 0 Å². The number of thiazole rings is 1. The largest absolute Gasteiger partial charge is 0.323 e. The number of rotatable bonds is 1. The van der Waals surface area contributed by atoms with E-state index in [1.165, 1.54) is 26.7 Å². The lowest BCUT2D eigenvalue weighted by Crippen LogP contribution is -2.15. The minimum atomic E-state index is 0.206. The van der Waals surface area contributed by atoms with Gasteiger partial charge in [0, 0.05) is 15.8 Å². The van der Waals surface area contributed by atoms with Crippen LogP contribution in [0.5, 0.6) is 0 Å². The zero-order chi connectivity index (χ0) is 13.6. The van der Waals surface area contributed by atoms with Gasteiger partial charge in [-0.2, -0.15) is 0 Å². The first kappa shape index (κ1) is 13.3. The van der Waals surface area contributed by atoms with Crippen LogP contribution in [0.1, 0.15) is 55.1 Å². The van der Waals surface area contributed by atoms with Crippen molar-refractivity contribution in [2.24, 2.45) is 5.73 Å². The molecule has 0 amide bonds. The van der Waals surface area contributed by atoms with Gasteiger partial charge in [0.1, 0.15) is 5.01 Å². The molecule has 0 aromatic carbocycles. The van der Waals surface area contributed by atoms with Crippen molar-refractivity contribution in [3.05, 3.63) is 27.6 Å². The lowest BCUT2D eigenvalue weighted by atomic mass is 9.95. The predicted octanol–water partition coefficient (Wildman–Crippen LogP) is 4.51. The first-order valence-corrected chi connectivity index (χ1v) is 8.44. The Morgan fingerprint density at radius 2 is 2.05 bits per heavy atom. The molecule has 2 N–H and O–H groups in total. The maximum atomic E-state index is 6.19. The molecule has 3 rings (SSSR count). The highest BCUT2D eigenvalue weighted by Gasteiger charge is 2.23. The van der Waals surface area contributed by atoms with Crippen LogP contribution in [-0.4, -0.2) is 4.98 Å². The number of hydrogen-bond donors (Lipinski definition) is 1. The minimum Gasteiger partial charge on any atom is -0.323 e. The molecule has 2 heterocycles. The molecule has 0 fully saturated rings. The lowest BCUT2D eigenvalue weighted by molar-refractivity contribution is 0.573. The summed E-state index contributed by atoms with van der Waals surface area (Å²) in [5.74, 6) is 0. The van der Waals surface area contributed by atoms with Crippen molar-refractivity contribution in [3.63, 3.8) is 0 Å². The van der Waals surface area contributed by atoms with Crippen LogP contribution in [0.2, 0.25) is 0 Å². The third-order valence-corrected chi connectivity index (χ3v) is 6.46. The van der Waals surface area contributed by atoms with E-state index < -0.39 is 0 Å². The average Bonchev–Trinajstić information content (AvgIpc) is 2.94. The molecule has 1 aliphatic rings. The molecular weight excluding hydrogens is 272 g/mol. The molecule has 0 saturated heterocycles. The predicted molar refractivity (Wildman–Crippen MR) is 84.0 cm³/mol. The molecule has 1 aliphatic carbocycles. The van der Waals surface area contributed by atoms with Crippen LogP contribution in [0.4, 0.5) is 0 Å². The van der Waals surface area contributed by atoms with Crippen molar-refractivity contribution in [2.75, 3.05) is 0 Å². The molecule has 0 spiro atoms. The van der Waals surface area contributed by atoms with E-state index in [1.807, 2.05) is 11.3 Å². The summed E-state index contributed by atoms with van der Waals surface area (Å²) in [7, 11) is 0. The maximum Gasteiger partial charge on any atom is 0.133 e. The molecule has 1 atom stereocenters. The SMILES string of the molecule is CC(C)(C)c1ccc(-c2nc3c(s2)C(N)CCC3)s1. The first-order chi connectivity index (χ1) is 8.95. The average molecular weight is 292 g/mol. The topological polar surface area (TPSA) is 38.9 Å². The summed E-state index contributed by atoms with van der Waals surface area (Å²) in [4.78, 5) is 8.83. The number of hydrogen-bond acceptors (Lipinski definition) is 4. The summed E-state index contributed by atoms with van der Waals surface area (Å²) in [5.41, 5.74) is 7.64. The van der Waals surface area contributed by atoms with Gasteiger partial charge in [-0.15, -0.1) is 22.7 Å². The van der Waals surface area contributed by atoms with E-state index in [9.17, 15) is 0 Å². The monoisotopic (exact) mass is 292 g/mol. The summed E-state index contributed by atoms with van der Waals surface area (Å²) in [6.45, 7) is 6.77. The summed E-state index contributed by atoms with van der Waals surface area (Å²) in [5, 5.41) is 1.16. The van der Waals surface area contributed by atoms with Crippen LogP contribution >= 0.6 is 22.7 Å². The van der Waals surface area contributed by atoms with Gasteiger partial charge >= 0.3 is 0 Å². The van der Waals surface area contributed by atoms with Crippen molar-refractivity contribution in [3.8, 4) is 9.88 Å². The fraction of sp³-hybridized carbons (Fsp3) is 0.533. The van der Waals surface area contributed by atoms with Crippen molar-refractivity contribution < 1.29 is 0 Å². The molecule has 4 heteroatoms. The van der Waals surface area contributed by atoms with Crippen molar-refractivity contribution in [2.45, 2.75) is 51.5 Å². The van der Waals surface area contributed by atoms with Gasteiger partial charge in [-0.25, -0.2) is 4.98 Å². The maximum absolute atomic E-state index is 6.19. The van der Waals surface area contributed by atoms with Gasteiger partial charge < -0.3 is 5.73 Å². The van der Waals surface area contributed by atoms with Gasteiger partial charge in [0.05, 0.1) is 10.6 Å². The number of nitrogens with zero attached hydrogens (tertiary/aromatic N) is 1. The quantitative estimate of drug-likeness (QED) is 0.840. The second kappa shape index (κ2) is 4.69. The number of fused-ring (bicyclic) bond motifs is 1. The standard InChI is InChI=1S/C15H20N2S2/c1-15(2,3)12-8-7-11(18-12)14-17-10-6-4-5-9(16)13(10)19-14/h7-9H,4-6,16H2,1-3H3. The third kappa shape index (κ3) is 2.49.